The molecule has 3 nitrogen and oxygen atoms in total. The zero-order chi connectivity index (χ0) is 11.5. The van der Waals surface area contributed by atoms with Crippen LogP contribution in [0.5, 0.6) is 5.75 Å². The molecule has 1 heterocycles. The first kappa shape index (κ1) is 10.8. The molecule has 1 aromatic carbocycles. The van der Waals surface area contributed by atoms with Crippen LogP contribution in [-0.4, -0.2) is 17.9 Å². The molecular weight excluding hydrogens is 222 g/mol. The third kappa shape index (κ3) is 1.97. The van der Waals surface area contributed by atoms with Crippen LogP contribution in [0.2, 0.25) is 0 Å². The second-order valence-electron chi connectivity index (χ2n) is 3.33. The van der Waals surface area contributed by atoms with Crippen LogP contribution in [0.25, 0.3) is 0 Å². The predicted molar refractivity (Wildman–Crippen MR) is 63.3 cm³/mol. The number of rotatable bonds is 3. The Kier molecular flexibility index (Phi) is 3.01. The fraction of sp³-hybridized carbons (Fsp3) is 0.167. The van der Waals surface area contributed by atoms with Gasteiger partial charge in [-0.3, -0.25) is 4.79 Å². The van der Waals surface area contributed by atoms with Crippen LogP contribution < -0.4 is 4.74 Å². The molecule has 1 aromatic heterocycles. The summed E-state index contributed by atoms with van der Waals surface area (Å²) < 4.78 is 5.09. The lowest BCUT2D eigenvalue weighted by Gasteiger charge is -2.02. The van der Waals surface area contributed by atoms with Gasteiger partial charge in [0.2, 0.25) is 5.78 Å². The number of ether oxygens (including phenoxy) is 1. The lowest BCUT2D eigenvalue weighted by atomic mass is 10.1. The molecule has 0 spiro atoms. The van der Waals surface area contributed by atoms with Gasteiger partial charge in [-0.25, -0.2) is 4.98 Å². The van der Waals surface area contributed by atoms with Gasteiger partial charge >= 0.3 is 0 Å². The largest absolute Gasteiger partial charge is 0.497 e. The van der Waals surface area contributed by atoms with E-state index in [-0.39, 0.29) is 5.78 Å². The van der Waals surface area contributed by atoms with Crippen molar-refractivity contribution in [2.45, 2.75) is 6.92 Å². The lowest BCUT2D eigenvalue weighted by Crippen LogP contribution is -2.01. The monoisotopic (exact) mass is 233 g/mol. The molecule has 16 heavy (non-hydrogen) atoms. The van der Waals surface area contributed by atoms with Gasteiger partial charge < -0.3 is 4.74 Å². The number of carbonyl (C=O) groups excluding carboxylic acids is 1. The van der Waals surface area contributed by atoms with Gasteiger partial charge in [0.15, 0.2) is 0 Å². The average molecular weight is 233 g/mol. The molecule has 0 atom stereocenters. The summed E-state index contributed by atoms with van der Waals surface area (Å²) in [6, 6.07) is 7.14. The van der Waals surface area contributed by atoms with Crippen LogP contribution in [-0.2, 0) is 0 Å². The van der Waals surface area contributed by atoms with Gasteiger partial charge in [0.1, 0.15) is 5.75 Å². The highest BCUT2D eigenvalue weighted by molar-refractivity contribution is 7.12. The maximum absolute atomic E-state index is 12.1. The topological polar surface area (TPSA) is 39.2 Å². The van der Waals surface area contributed by atoms with E-state index in [1.807, 2.05) is 19.1 Å². The molecule has 82 valence electrons. The highest BCUT2D eigenvalue weighted by atomic mass is 32.1. The van der Waals surface area contributed by atoms with Crippen LogP contribution in [0.15, 0.2) is 29.8 Å². The molecule has 0 aliphatic heterocycles. The Balaban J connectivity index is 2.38. The molecular formula is C12H11NO2S. The Labute approximate surface area is 97.7 Å². The van der Waals surface area contributed by atoms with E-state index in [0.29, 0.717) is 16.2 Å². The zero-order valence-corrected chi connectivity index (χ0v) is 9.88. The summed E-state index contributed by atoms with van der Waals surface area (Å²) in [5.74, 6) is 0.687. The minimum absolute atomic E-state index is 0.00102. The van der Waals surface area contributed by atoms with Crippen molar-refractivity contribution in [2.24, 2.45) is 0 Å². The highest BCUT2D eigenvalue weighted by Crippen LogP contribution is 2.20. The highest BCUT2D eigenvalue weighted by Gasteiger charge is 2.14. The molecule has 0 unspecified atom stereocenters. The van der Waals surface area contributed by atoms with Crippen molar-refractivity contribution in [3.05, 3.63) is 45.9 Å². The molecule has 2 rings (SSSR count). The summed E-state index contributed by atoms with van der Waals surface area (Å²) >= 11 is 1.36. The molecule has 0 aliphatic carbocycles. The van der Waals surface area contributed by atoms with Crippen molar-refractivity contribution in [2.75, 3.05) is 7.11 Å². The summed E-state index contributed by atoms with van der Waals surface area (Å²) in [7, 11) is 1.58. The first-order valence-corrected chi connectivity index (χ1v) is 5.69. The van der Waals surface area contributed by atoms with Gasteiger partial charge in [-0.05, 0) is 19.1 Å². The molecule has 0 N–H and O–H groups in total. The first-order valence-electron chi connectivity index (χ1n) is 4.81. The zero-order valence-electron chi connectivity index (χ0n) is 9.06. The first-order chi connectivity index (χ1) is 7.72. The molecule has 0 aliphatic rings. The van der Waals surface area contributed by atoms with Crippen LogP contribution >= 0.6 is 11.3 Å². The number of thiazole rings is 1. The summed E-state index contributed by atoms with van der Waals surface area (Å²) in [4.78, 5) is 16.9. The summed E-state index contributed by atoms with van der Waals surface area (Å²) in [6.07, 6.45) is 0. The average Bonchev–Trinajstić information content (AvgIpc) is 2.74. The number of nitrogens with zero attached hydrogens (tertiary/aromatic N) is 1. The molecule has 0 amide bonds. The van der Waals surface area contributed by atoms with Crippen molar-refractivity contribution in [1.82, 2.24) is 4.98 Å². The van der Waals surface area contributed by atoms with Crippen molar-refractivity contribution >= 4 is 17.1 Å². The number of benzene rings is 1. The van der Waals surface area contributed by atoms with E-state index < -0.39 is 0 Å². The van der Waals surface area contributed by atoms with Crippen LogP contribution in [0.3, 0.4) is 0 Å². The van der Waals surface area contributed by atoms with E-state index in [1.54, 1.807) is 24.8 Å². The summed E-state index contributed by atoms with van der Waals surface area (Å²) in [5, 5.41) is 0. The van der Waals surface area contributed by atoms with Crippen LogP contribution in [0.1, 0.15) is 20.9 Å². The number of hydrogen-bond acceptors (Lipinski definition) is 4. The number of hydrogen-bond donors (Lipinski definition) is 0. The van der Waals surface area contributed by atoms with E-state index >= 15 is 0 Å². The van der Waals surface area contributed by atoms with Gasteiger partial charge in [-0.2, -0.15) is 0 Å². The van der Waals surface area contributed by atoms with E-state index in [0.717, 1.165) is 5.69 Å². The third-order valence-corrected chi connectivity index (χ3v) is 3.21. The van der Waals surface area contributed by atoms with Crippen LogP contribution in [0.4, 0.5) is 0 Å². The molecule has 4 heteroatoms. The second kappa shape index (κ2) is 4.45. The van der Waals surface area contributed by atoms with Crippen molar-refractivity contribution in [3.63, 3.8) is 0 Å². The quantitative estimate of drug-likeness (QED) is 0.765. The SMILES string of the molecule is COc1cccc(C(=O)c2scnc2C)c1. The number of aromatic nitrogens is 1. The van der Waals surface area contributed by atoms with Gasteiger partial charge in [0.05, 0.1) is 23.2 Å². The number of aryl methyl sites for hydroxylation is 1. The predicted octanol–water partition coefficient (Wildman–Crippen LogP) is 2.69. The fourth-order valence-electron chi connectivity index (χ4n) is 1.42. The van der Waals surface area contributed by atoms with E-state index in [1.165, 1.54) is 11.3 Å². The normalized spacial score (nSPS) is 10.1. The third-order valence-electron chi connectivity index (χ3n) is 2.28. The Morgan fingerprint density at radius 1 is 1.44 bits per heavy atom. The molecule has 0 saturated carbocycles. The maximum Gasteiger partial charge on any atom is 0.204 e. The van der Waals surface area contributed by atoms with E-state index in [9.17, 15) is 4.79 Å². The van der Waals surface area contributed by atoms with Gasteiger partial charge in [0.25, 0.3) is 0 Å². The van der Waals surface area contributed by atoms with Crippen molar-refractivity contribution in [3.8, 4) is 5.75 Å². The van der Waals surface area contributed by atoms with E-state index in [4.69, 9.17) is 4.74 Å². The van der Waals surface area contributed by atoms with Crippen molar-refractivity contribution in [1.29, 1.82) is 0 Å². The van der Waals surface area contributed by atoms with Gasteiger partial charge in [0, 0.05) is 5.56 Å². The second-order valence-corrected chi connectivity index (χ2v) is 4.18. The molecule has 0 fully saturated rings. The van der Waals surface area contributed by atoms with Gasteiger partial charge in [-0.1, -0.05) is 12.1 Å². The molecule has 2 aromatic rings. The molecule has 0 bridgehead atoms. The smallest absolute Gasteiger partial charge is 0.204 e. The Morgan fingerprint density at radius 2 is 2.25 bits per heavy atom. The lowest BCUT2D eigenvalue weighted by molar-refractivity contribution is 0.104. The van der Waals surface area contributed by atoms with Gasteiger partial charge in [-0.15, -0.1) is 11.3 Å². The minimum Gasteiger partial charge on any atom is -0.497 e. The fourth-order valence-corrected chi connectivity index (χ4v) is 2.18. The maximum atomic E-state index is 12.1. The summed E-state index contributed by atoms with van der Waals surface area (Å²) in [6.45, 7) is 1.84. The Morgan fingerprint density at radius 3 is 2.88 bits per heavy atom. The number of ketones is 1. The number of methoxy groups -OCH3 is 1. The van der Waals surface area contributed by atoms with Crippen molar-refractivity contribution < 1.29 is 9.53 Å². The minimum atomic E-state index is -0.00102. The Hall–Kier alpha value is -1.68. The Bertz CT molecular complexity index is 519. The molecule has 0 radical (unpaired) electrons. The number of carbonyl (C=O) groups is 1. The molecule has 0 saturated heterocycles. The standard InChI is InChI=1S/C12H11NO2S/c1-8-12(16-7-13-8)11(14)9-4-3-5-10(6-9)15-2/h3-7H,1-2H3. The van der Waals surface area contributed by atoms with Crippen LogP contribution in [0, 0.1) is 6.92 Å². The van der Waals surface area contributed by atoms with E-state index in [2.05, 4.69) is 4.98 Å². The summed E-state index contributed by atoms with van der Waals surface area (Å²) in [5.41, 5.74) is 3.09.